The highest BCUT2D eigenvalue weighted by molar-refractivity contribution is 5.80. The van der Waals surface area contributed by atoms with E-state index in [0.717, 1.165) is 29.5 Å². The Balaban J connectivity index is 1.53. The Labute approximate surface area is 117 Å². The second-order valence-electron chi connectivity index (χ2n) is 5.25. The summed E-state index contributed by atoms with van der Waals surface area (Å²) in [6.45, 7) is 1.88. The first-order chi connectivity index (χ1) is 9.72. The molecular formula is C15H18N2O3. The summed E-state index contributed by atoms with van der Waals surface area (Å²) in [5.41, 5.74) is 1.10. The van der Waals surface area contributed by atoms with E-state index in [0.29, 0.717) is 25.6 Å². The SMILES string of the molecule is O=C(O)N1CCC(COc2ccc3[nH]ccc3c2)CC1. The molecule has 1 saturated heterocycles. The van der Waals surface area contributed by atoms with Gasteiger partial charge in [0.05, 0.1) is 6.61 Å². The molecule has 0 unspecified atom stereocenters. The number of benzene rings is 1. The van der Waals surface area contributed by atoms with Gasteiger partial charge in [-0.25, -0.2) is 4.79 Å². The first kappa shape index (κ1) is 12.8. The van der Waals surface area contributed by atoms with E-state index in [1.165, 1.54) is 4.90 Å². The number of likely N-dealkylation sites (tertiary alicyclic amines) is 1. The Morgan fingerprint density at radius 1 is 1.35 bits per heavy atom. The average molecular weight is 274 g/mol. The smallest absolute Gasteiger partial charge is 0.407 e. The zero-order valence-corrected chi connectivity index (χ0v) is 11.2. The highest BCUT2D eigenvalue weighted by Gasteiger charge is 2.22. The lowest BCUT2D eigenvalue weighted by molar-refractivity contribution is 0.112. The summed E-state index contributed by atoms with van der Waals surface area (Å²) < 4.78 is 5.84. The van der Waals surface area contributed by atoms with Crippen LogP contribution in [0.15, 0.2) is 30.5 Å². The molecule has 106 valence electrons. The summed E-state index contributed by atoms with van der Waals surface area (Å²) in [4.78, 5) is 15.5. The minimum absolute atomic E-state index is 0.438. The van der Waals surface area contributed by atoms with Crippen LogP contribution in [-0.4, -0.2) is 40.8 Å². The molecule has 0 aliphatic carbocycles. The highest BCUT2D eigenvalue weighted by atomic mass is 16.5. The first-order valence-corrected chi connectivity index (χ1v) is 6.90. The van der Waals surface area contributed by atoms with Gasteiger partial charge in [-0.05, 0) is 43.0 Å². The predicted molar refractivity (Wildman–Crippen MR) is 76.1 cm³/mol. The fraction of sp³-hybridized carbons (Fsp3) is 0.400. The highest BCUT2D eigenvalue weighted by Crippen LogP contribution is 2.22. The minimum Gasteiger partial charge on any atom is -0.493 e. The molecule has 0 atom stereocenters. The van der Waals surface area contributed by atoms with Gasteiger partial charge in [0.25, 0.3) is 0 Å². The van der Waals surface area contributed by atoms with Crippen LogP contribution in [0.1, 0.15) is 12.8 Å². The minimum atomic E-state index is -0.817. The monoisotopic (exact) mass is 274 g/mol. The number of hydrogen-bond donors (Lipinski definition) is 2. The third-order valence-corrected chi connectivity index (χ3v) is 3.90. The molecule has 0 spiro atoms. The number of ether oxygens (including phenoxy) is 1. The lowest BCUT2D eigenvalue weighted by Gasteiger charge is -2.29. The largest absolute Gasteiger partial charge is 0.493 e. The third-order valence-electron chi connectivity index (χ3n) is 3.90. The molecule has 2 N–H and O–H groups in total. The molecule has 1 aromatic heterocycles. The van der Waals surface area contributed by atoms with E-state index in [1.807, 2.05) is 30.5 Å². The van der Waals surface area contributed by atoms with Crippen LogP contribution in [0.25, 0.3) is 10.9 Å². The van der Waals surface area contributed by atoms with E-state index in [-0.39, 0.29) is 0 Å². The predicted octanol–water partition coefficient (Wildman–Crippen LogP) is 2.94. The molecule has 3 rings (SSSR count). The normalized spacial score (nSPS) is 16.5. The van der Waals surface area contributed by atoms with E-state index in [4.69, 9.17) is 9.84 Å². The van der Waals surface area contributed by atoms with Crippen LogP contribution in [-0.2, 0) is 0 Å². The summed E-state index contributed by atoms with van der Waals surface area (Å²) in [5, 5.41) is 10.0. The number of amides is 1. The lowest BCUT2D eigenvalue weighted by Crippen LogP contribution is -2.38. The fourth-order valence-corrected chi connectivity index (χ4v) is 2.63. The van der Waals surface area contributed by atoms with E-state index < -0.39 is 6.09 Å². The van der Waals surface area contributed by atoms with Gasteiger partial charge in [0.15, 0.2) is 0 Å². The topological polar surface area (TPSA) is 65.6 Å². The molecule has 1 amide bonds. The number of piperidine rings is 1. The van der Waals surface area contributed by atoms with Gasteiger partial charge in [0.2, 0.25) is 0 Å². The number of aromatic nitrogens is 1. The van der Waals surface area contributed by atoms with Crippen molar-refractivity contribution in [1.82, 2.24) is 9.88 Å². The Morgan fingerprint density at radius 2 is 2.15 bits per heavy atom. The van der Waals surface area contributed by atoms with Crippen molar-refractivity contribution < 1.29 is 14.6 Å². The van der Waals surface area contributed by atoms with Crippen molar-refractivity contribution in [2.45, 2.75) is 12.8 Å². The molecule has 0 bridgehead atoms. The van der Waals surface area contributed by atoms with Crippen molar-refractivity contribution in [3.05, 3.63) is 30.5 Å². The van der Waals surface area contributed by atoms with Crippen LogP contribution in [0.3, 0.4) is 0 Å². The second-order valence-corrected chi connectivity index (χ2v) is 5.25. The maximum Gasteiger partial charge on any atom is 0.407 e. The molecule has 2 aromatic rings. The maximum absolute atomic E-state index is 10.8. The van der Waals surface area contributed by atoms with Gasteiger partial charge < -0.3 is 19.7 Å². The van der Waals surface area contributed by atoms with Crippen molar-refractivity contribution >= 4 is 17.0 Å². The van der Waals surface area contributed by atoms with Crippen LogP contribution in [0.2, 0.25) is 0 Å². The van der Waals surface area contributed by atoms with Gasteiger partial charge in [0, 0.05) is 30.2 Å². The lowest BCUT2D eigenvalue weighted by atomic mass is 9.98. The number of nitrogens with zero attached hydrogens (tertiary/aromatic N) is 1. The summed E-state index contributed by atoms with van der Waals surface area (Å²) in [6, 6.07) is 8.02. The van der Waals surface area contributed by atoms with E-state index >= 15 is 0 Å². The van der Waals surface area contributed by atoms with Crippen LogP contribution in [0.5, 0.6) is 5.75 Å². The van der Waals surface area contributed by atoms with Crippen LogP contribution in [0.4, 0.5) is 4.79 Å². The molecule has 0 radical (unpaired) electrons. The Kier molecular flexibility index (Phi) is 3.50. The number of hydrogen-bond acceptors (Lipinski definition) is 2. The quantitative estimate of drug-likeness (QED) is 0.904. The molecule has 5 heteroatoms. The number of carboxylic acid groups (broad SMARTS) is 1. The Bertz CT molecular complexity index is 600. The van der Waals surface area contributed by atoms with E-state index in [9.17, 15) is 4.79 Å². The first-order valence-electron chi connectivity index (χ1n) is 6.90. The van der Waals surface area contributed by atoms with Crippen LogP contribution in [0, 0.1) is 5.92 Å². The number of rotatable bonds is 3. The van der Waals surface area contributed by atoms with Gasteiger partial charge in [-0.15, -0.1) is 0 Å². The summed E-state index contributed by atoms with van der Waals surface area (Å²) in [7, 11) is 0. The van der Waals surface area contributed by atoms with E-state index in [2.05, 4.69) is 4.98 Å². The van der Waals surface area contributed by atoms with Crippen molar-refractivity contribution in [3.63, 3.8) is 0 Å². The Hall–Kier alpha value is -2.17. The standard InChI is InChI=1S/C15H18N2O3/c18-15(19)17-7-4-11(5-8-17)10-20-13-1-2-14-12(9-13)3-6-16-14/h1-3,6,9,11,16H,4-5,7-8,10H2,(H,18,19). The van der Waals surface area contributed by atoms with Crippen molar-refractivity contribution in [2.75, 3.05) is 19.7 Å². The van der Waals surface area contributed by atoms with Crippen molar-refractivity contribution in [1.29, 1.82) is 0 Å². The van der Waals surface area contributed by atoms with Crippen molar-refractivity contribution in [3.8, 4) is 5.75 Å². The zero-order chi connectivity index (χ0) is 13.9. The molecule has 1 aromatic carbocycles. The van der Waals surface area contributed by atoms with Gasteiger partial charge in [-0.3, -0.25) is 0 Å². The number of fused-ring (bicyclic) bond motifs is 1. The summed E-state index contributed by atoms with van der Waals surface area (Å²) in [5.74, 6) is 1.31. The molecule has 1 aliphatic heterocycles. The maximum atomic E-state index is 10.8. The zero-order valence-electron chi connectivity index (χ0n) is 11.2. The fourth-order valence-electron chi connectivity index (χ4n) is 2.63. The number of nitrogens with one attached hydrogen (secondary N) is 1. The molecule has 1 fully saturated rings. The third kappa shape index (κ3) is 2.71. The van der Waals surface area contributed by atoms with Gasteiger partial charge in [0.1, 0.15) is 5.75 Å². The Morgan fingerprint density at radius 3 is 2.90 bits per heavy atom. The molecule has 2 heterocycles. The second kappa shape index (κ2) is 5.45. The van der Waals surface area contributed by atoms with Crippen LogP contribution < -0.4 is 4.74 Å². The average Bonchev–Trinajstić information content (AvgIpc) is 2.93. The molecule has 5 nitrogen and oxygen atoms in total. The summed E-state index contributed by atoms with van der Waals surface area (Å²) >= 11 is 0. The molecule has 1 aliphatic rings. The summed E-state index contributed by atoms with van der Waals surface area (Å²) in [6.07, 6.45) is 2.84. The van der Waals surface area contributed by atoms with Gasteiger partial charge in [-0.1, -0.05) is 0 Å². The van der Waals surface area contributed by atoms with Crippen LogP contribution >= 0.6 is 0 Å². The molecular weight excluding hydrogens is 256 g/mol. The van der Waals surface area contributed by atoms with Gasteiger partial charge >= 0.3 is 6.09 Å². The number of H-pyrrole nitrogens is 1. The number of aromatic amines is 1. The van der Waals surface area contributed by atoms with Crippen molar-refractivity contribution in [2.24, 2.45) is 5.92 Å². The molecule has 0 saturated carbocycles. The molecule has 20 heavy (non-hydrogen) atoms. The van der Waals surface area contributed by atoms with Gasteiger partial charge in [-0.2, -0.15) is 0 Å². The van der Waals surface area contributed by atoms with E-state index in [1.54, 1.807) is 0 Å². The number of carbonyl (C=O) groups is 1.